The monoisotopic (exact) mass is 156 g/mol. The Morgan fingerprint density at radius 2 is 1.91 bits per heavy atom. The summed E-state index contributed by atoms with van der Waals surface area (Å²) in [5, 5.41) is 29.7. The highest BCUT2D eigenvalue weighted by molar-refractivity contribution is 5.95. The van der Waals surface area contributed by atoms with Crippen LogP contribution in [0.25, 0.3) is 0 Å². The first-order valence-corrected chi connectivity index (χ1v) is 2.61. The molecule has 6 nitrogen and oxygen atoms in total. The summed E-state index contributed by atoms with van der Waals surface area (Å²) in [5.74, 6) is -3.64. The fraction of sp³-hybridized carbons (Fsp3) is 0.400. The maximum Gasteiger partial charge on any atom is 0.0878 e. The Balaban J connectivity index is 4.03. The van der Waals surface area contributed by atoms with E-state index < -0.39 is 18.0 Å². The number of nitrogens with one attached hydrogen (secondary N) is 1. The molecule has 0 radical (unpaired) electrons. The van der Waals surface area contributed by atoms with Crippen molar-refractivity contribution in [3.05, 3.63) is 0 Å². The molecule has 0 saturated carbocycles. The van der Waals surface area contributed by atoms with E-state index in [1.54, 1.807) is 0 Å². The second kappa shape index (κ2) is 4.24. The minimum Gasteiger partial charge on any atom is -0.548 e. The standard InChI is InChI=1S/C5H6N2O4/c6-1-2-7-3(4(8)9)5(10)11/h3,7H,2H2,(H,8,9)(H,10,11)/p-2. The highest BCUT2D eigenvalue weighted by Gasteiger charge is 2.08. The molecule has 0 spiro atoms. The highest BCUT2D eigenvalue weighted by Crippen LogP contribution is 1.76. The fourth-order valence-corrected chi connectivity index (χ4v) is 0.411. The minimum absolute atomic E-state index is 0.382. The second-order valence-electron chi connectivity index (χ2n) is 1.61. The van der Waals surface area contributed by atoms with E-state index in [0.29, 0.717) is 0 Å². The Kier molecular flexibility index (Phi) is 3.62. The number of nitriles is 1. The largest absolute Gasteiger partial charge is 0.548 e. The van der Waals surface area contributed by atoms with E-state index in [9.17, 15) is 19.8 Å². The molecule has 11 heavy (non-hydrogen) atoms. The third-order valence-corrected chi connectivity index (χ3v) is 0.857. The molecule has 0 bridgehead atoms. The van der Waals surface area contributed by atoms with E-state index in [1.165, 1.54) is 6.07 Å². The van der Waals surface area contributed by atoms with Crippen LogP contribution in [0.1, 0.15) is 0 Å². The van der Waals surface area contributed by atoms with Crippen LogP contribution in [0.5, 0.6) is 0 Å². The molecule has 0 aromatic rings. The third-order valence-electron chi connectivity index (χ3n) is 0.857. The van der Waals surface area contributed by atoms with Crippen molar-refractivity contribution in [3.8, 4) is 6.07 Å². The van der Waals surface area contributed by atoms with Crippen LogP contribution in [0.3, 0.4) is 0 Å². The summed E-state index contributed by atoms with van der Waals surface area (Å²) in [6.45, 7) is -0.382. The van der Waals surface area contributed by atoms with Gasteiger partial charge >= 0.3 is 0 Å². The average molecular weight is 156 g/mol. The van der Waals surface area contributed by atoms with Gasteiger partial charge in [0.15, 0.2) is 0 Å². The van der Waals surface area contributed by atoms with Crippen LogP contribution in [0.2, 0.25) is 0 Å². The van der Waals surface area contributed by atoms with Crippen LogP contribution in [0, 0.1) is 11.3 Å². The summed E-state index contributed by atoms with van der Waals surface area (Å²) in [7, 11) is 0. The molecule has 0 aliphatic carbocycles. The number of carboxylic acids is 2. The normalized spacial score (nSPS) is 9.09. The van der Waals surface area contributed by atoms with Crippen molar-refractivity contribution in [2.45, 2.75) is 6.04 Å². The fourth-order valence-electron chi connectivity index (χ4n) is 0.411. The van der Waals surface area contributed by atoms with Crippen molar-refractivity contribution in [1.29, 1.82) is 5.26 Å². The van der Waals surface area contributed by atoms with E-state index in [4.69, 9.17) is 5.26 Å². The van der Waals surface area contributed by atoms with Gasteiger partial charge in [-0.15, -0.1) is 0 Å². The number of carbonyl (C=O) groups excluding carboxylic acids is 2. The molecule has 6 heteroatoms. The maximum atomic E-state index is 9.94. The molecule has 0 aromatic heterocycles. The van der Waals surface area contributed by atoms with Gasteiger partial charge in [-0.2, -0.15) is 5.26 Å². The average Bonchev–Trinajstić information content (AvgIpc) is 1.87. The Labute approximate surface area is 62.1 Å². The molecule has 0 heterocycles. The number of nitrogens with zero attached hydrogens (tertiary/aromatic N) is 1. The van der Waals surface area contributed by atoms with E-state index in [2.05, 4.69) is 0 Å². The van der Waals surface area contributed by atoms with Crippen LogP contribution >= 0.6 is 0 Å². The molecule has 0 aliphatic rings. The number of hydrogen-bond acceptors (Lipinski definition) is 6. The van der Waals surface area contributed by atoms with Crippen LogP contribution < -0.4 is 15.5 Å². The lowest BCUT2D eigenvalue weighted by molar-refractivity contribution is -0.326. The molecule has 1 N–H and O–H groups in total. The van der Waals surface area contributed by atoms with Crippen molar-refractivity contribution in [1.82, 2.24) is 5.32 Å². The van der Waals surface area contributed by atoms with Crippen molar-refractivity contribution in [3.63, 3.8) is 0 Å². The molecular weight excluding hydrogens is 152 g/mol. The first-order chi connectivity index (χ1) is 5.09. The summed E-state index contributed by atoms with van der Waals surface area (Å²) in [4.78, 5) is 19.9. The Morgan fingerprint density at radius 3 is 2.18 bits per heavy atom. The van der Waals surface area contributed by atoms with E-state index in [-0.39, 0.29) is 6.54 Å². The number of carbonyl (C=O) groups is 2. The Bertz CT molecular complexity index is 193. The van der Waals surface area contributed by atoms with Crippen LogP contribution in [-0.2, 0) is 9.59 Å². The molecule has 0 aliphatic heterocycles. The summed E-state index contributed by atoms with van der Waals surface area (Å²) >= 11 is 0. The van der Waals surface area contributed by atoms with E-state index in [0.717, 1.165) is 0 Å². The lowest BCUT2D eigenvalue weighted by Crippen LogP contribution is -2.55. The predicted molar refractivity (Wildman–Crippen MR) is 27.4 cm³/mol. The molecule has 0 aromatic carbocycles. The number of carboxylic acid groups (broad SMARTS) is 2. The maximum absolute atomic E-state index is 9.94. The molecule has 0 atom stereocenters. The molecule has 0 amide bonds. The summed E-state index contributed by atoms with van der Waals surface area (Å²) in [6.07, 6.45) is 0. The van der Waals surface area contributed by atoms with Gasteiger partial charge in [-0.1, -0.05) is 0 Å². The molecule has 0 fully saturated rings. The van der Waals surface area contributed by atoms with Gasteiger partial charge < -0.3 is 19.8 Å². The number of aliphatic carboxylic acids is 2. The summed E-state index contributed by atoms with van der Waals surface area (Å²) in [5.41, 5.74) is 0. The van der Waals surface area contributed by atoms with E-state index >= 15 is 0 Å². The SMILES string of the molecule is N#CCNC(C(=O)[O-])C(=O)[O-]. The van der Waals surface area contributed by atoms with Gasteiger partial charge in [0.2, 0.25) is 0 Å². The third kappa shape index (κ3) is 3.17. The van der Waals surface area contributed by atoms with Gasteiger partial charge in [-0.3, -0.25) is 5.32 Å². The summed E-state index contributed by atoms with van der Waals surface area (Å²) < 4.78 is 0. The zero-order valence-electron chi connectivity index (χ0n) is 5.36. The quantitative estimate of drug-likeness (QED) is 0.327. The van der Waals surface area contributed by atoms with Crippen molar-refractivity contribution < 1.29 is 19.8 Å². The molecular formula is C5H4N2O4-2. The summed E-state index contributed by atoms with van der Waals surface area (Å²) in [6, 6.07) is -0.407. The molecule has 0 rings (SSSR count). The van der Waals surface area contributed by atoms with Crippen LogP contribution in [0.15, 0.2) is 0 Å². The zero-order valence-corrected chi connectivity index (χ0v) is 5.36. The van der Waals surface area contributed by atoms with Gasteiger partial charge in [0.1, 0.15) is 0 Å². The first kappa shape index (κ1) is 9.39. The Hall–Kier alpha value is -1.61. The van der Waals surface area contributed by atoms with Crippen molar-refractivity contribution >= 4 is 11.9 Å². The first-order valence-electron chi connectivity index (χ1n) is 2.61. The Morgan fingerprint density at radius 1 is 1.45 bits per heavy atom. The van der Waals surface area contributed by atoms with Gasteiger partial charge in [0, 0.05) is 0 Å². The van der Waals surface area contributed by atoms with Crippen molar-refractivity contribution in [2.75, 3.05) is 6.54 Å². The smallest absolute Gasteiger partial charge is 0.0878 e. The van der Waals surface area contributed by atoms with Crippen LogP contribution in [0.4, 0.5) is 0 Å². The lowest BCUT2D eigenvalue weighted by atomic mass is 10.3. The van der Waals surface area contributed by atoms with Gasteiger partial charge in [0.05, 0.1) is 30.6 Å². The van der Waals surface area contributed by atoms with E-state index in [1.807, 2.05) is 5.32 Å². The molecule has 0 saturated heterocycles. The topological polar surface area (TPSA) is 116 Å². The van der Waals surface area contributed by atoms with Crippen molar-refractivity contribution in [2.24, 2.45) is 0 Å². The number of hydrogen-bond donors (Lipinski definition) is 1. The zero-order chi connectivity index (χ0) is 8.85. The van der Waals surface area contributed by atoms with Gasteiger partial charge in [0.25, 0.3) is 0 Å². The minimum atomic E-state index is -1.92. The predicted octanol–water partition coefficient (Wildman–Crippen LogP) is -4.03. The molecule has 0 unspecified atom stereocenters. The van der Waals surface area contributed by atoms with Gasteiger partial charge in [-0.05, 0) is 0 Å². The lowest BCUT2D eigenvalue weighted by Gasteiger charge is -2.18. The number of rotatable bonds is 4. The highest BCUT2D eigenvalue weighted by atomic mass is 16.4. The molecule has 60 valence electrons. The van der Waals surface area contributed by atoms with Gasteiger partial charge in [-0.25, -0.2) is 0 Å². The van der Waals surface area contributed by atoms with Crippen LogP contribution in [-0.4, -0.2) is 24.5 Å². The second-order valence-corrected chi connectivity index (χ2v) is 1.61.